The average molecular weight is 395 g/mol. The standard InChI is InChI=1S/C20H30N2O4S/c1-16-5-2-3-13-22(16)27(24,25)19-10-8-18(9-11-19)20(23)21-12-4-14-26-15-17-6-7-17/h8-11,16-17H,2-7,12-15H2,1H3,(H,21,23). The van der Waals surface area contributed by atoms with Gasteiger partial charge in [0.25, 0.3) is 5.91 Å². The number of hydrogen-bond acceptors (Lipinski definition) is 4. The van der Waals surface area contributed by atoms with Gasteiger partial charge in [0.05, 0.1) is 4.90 Å². The monoisotopic (exact) mass is 394 g/mol. The number of carbonyl (C=O) groups excluding carboxylic acids is 1. The number of ether oxygens (including phenoxy) is 1. The molecular weight excluding hydrogens is 364 g/mol. The quantitative estimate of drug-likeness (QED) is 0.654. The van der Waals surface area contributed by atoms with Crippen molar-refractivity contribution in [2.75, 3.05) is 26.3 Å². The van der Waals surface area contributed by atoms with Gasteiger partial charge in [-0.15, -0.1) is 0 Å². The Morgan fingerprint density at radius 3 is 2.59 bits per heavy atom. The Balaban J connectivity index is 1.49. The molecule has 0 aromatic heterocycles. The summed E-state index contributed by atoms with van der Waals surface area (Å²) in [7, 11) is -3.50. The highest BCUT2D eigenvalue weighted by Gasteiger charge is 2.30. The van der Waals surface area contributed by atoms with E-state index in [2.05, 4.69) is 5.32 Å². The molecule has 0 radical (unpaired) electrons. The zero-order valence-electron chi connectivity index (χ0n) is 16.0. The van der Waals surface area contributed by atoms with Crippen molar-refractivity contribution in [2.24, 2.45) is 5.92 Å². The van der Waals surface area contributed by atoms with Crippen LogP contribution in [0.25, 0.3) is 0 Å². The molecule has 1 aliphatic carbocycles. The van der Waals surface area contributed by atoms with E-state index in [-0.39, 0.29) is 16.8 Å². The van der Waals surface area contributed by atoms with Gasteiger partial charge in [-0.3, -0.25) is 4.79 Å². The molecule has 1 amide bonds. The fraction of sp³-hybridized carbons (Fsp3) is 0.650. The number of piperidine rings is 1. The van der Waals surface area contributed by atoms with Gasteiger partial charge in [-0.25, -0.2) is 8.42 Å². The van der Waals surface area contributed by atoms with E-state index in [9.17, 15) is 13.2 Å². The zero-order chi connectivity index (χ0) is 19.3. The molecular formula is C20H30N2O4S. The van der Waals surface area contributed by atoms with Crippen molar-refractivity contribution in [3.63, 3.8) is 0 Å². The second-order valence-corrected chi connectivity index (χ2v) is 9.50. The van der Waals surface area contributed by atoms with Crippen LogP contribution in [0, 0.1) is 5.92 Å². The van der Waals surface area contributed by atoms with Crippen molar-refractivity contribution in [2.45, 2.75) is 56.4 Å². The topological polar surface area (TPSA) is 75.7 Å². The van der Waals surface area contributed by atoms with Crippen LogP contribution in [-0.4, -0.2) is 51.0 Å². The number of carbonyl (C=O) groups is 1. The highest BCUT2D eigenvalue weighted by molar-refractivity contribution is 7.89. The third-order valence-electron chi connectivity index (χ3n) is 5.27. The summed E-state index contributed by atoms with van der Waals surface area (Å²) < 4.78 is 32.7. The van der Waals surface area contributed by atoms with Crippen LogP contribution in [0.1, 0.15) is 55.8 Å². The van der Waals surface area contributed by atoms with Crippen LogP contribution < -0.4 is 5.32 Å². The highest BCUT2D eigenvalue weighted by Crippen LogP contribution is 2.28. The van der Waals surface area contributed by atoms with Crippen molar-refractivity contribution >= 4 is 15.9 Å². The lowest BCUT2D eigenvalue weighted by molar-refractivity contribution is 0.0937. The fourth-order valence-corrected chi connectivity index (χ4v) is 5.05. The zero-order valence-corrected chi connectivity index (χ0v) is 16.8. The first-order valence-corrected chi connectivity index (χ1v) is 11.4. The number of rotatable bonds is 9. The molecule has 150 valence electrons. The van der Waals surface area contributed by atoms with Gasteiger partial charge in [0, 0.05) is 37.9 Å². The van der Waals surface area contributed by atoms with Gasteiger partial charge in [0.15, 0.2) is 0 Å². The summed E-state index contributed by atoms with van der Waals surface area (Å²) >= 11 is 0. The minimum Gasteiger partial charge on any atom is -0.381 e. The first kappa shape index (κ1) is 20.3. The molecule has 1 aromatic rings. The lowest BCUT2D eigenvalue weighted by Crippen LogP contribution is -2.41. The van der Waals surface area contributed by atoms with Gasteiger partial charge < -0.3 is 10.1 Å². The molecule has 7 heteroatoms. The number of hydrogen-bond donors (Lipinski definition) is 1. The molecule has 1 saturated heterocycles. The minimum atomic E-state index is -3.50. The summed E-state index contributed by atoms with van der Waals surface area (Å²) in [6.07, 6.45) is 6.19. The van der Waals surface area contributed by atoms with Crippen LogP contribution in [0.5, 0.6) is 0 Å². The third-order valence-corrected chi connectivity index (χ3v) is 7.29. The molecule has 1 aromatic carbocycles. The lowest BCUT2D eigenvalue weighted by atomic mass is 10.1. The van der Waals surface area contributed by atoms with Gasteiger partial charge in [-0.2, -0.15) is 4.31 Å². The summed E-state index contributed by atoms with van der Waals surface area (Å²) in [5.74, 6) is 0.565. The van der Waals surface area contributed by atoms with E-state index in [4.69, 9.17) is 4.74 Å². The van der Waals surface area contributed by atoms with E-state index in [1.54, 1.807) is 16.4 Å². The fourth-order valence-electron chi connectivity index (χ4n) is 3.36. The Morgan fingerprint density at radius 2 is 1.93 bits per heavy atom. The van der Waals surface area contributed by atoms with E-state index < -0.39 is 10.0 Å². The molecule has 1 N–H and O–H groups in total. The Labute approximate surface area is 162 Å². The van der Waals surface area contributed by atoms with Crippen LogP contribution in [-0.2, 0) is 14.8 Å². The van der Waals surface area contributed by atoms with Crippen LogP contribution in [0.15, 0.2) is 29.2 Å². The van der Waals surface area contributed by atoms with Crippen molar-refractivity contribution < 1.29 is 17.9 Å². The smallest absolute Gasteiger partial charge is 0.251 e. The maximum atomic E-state index is 12.8. The molecule has 0 bridgehead atoms. The van der Waals surface area contributed by atoms with Gasteiger partial charge >= 0.3 is 0 Å². The maximum Gasteiger partial charge on any atom is 0.251 e. The number of sulfonamides is 1. The molecule has 6 nitrogen and oxygen atoms in total. The predicted octanol–water partition coefficient (Wildman–Crippen LogP) is 2.80. The Bertz CT molecular complexity index is 729. The SMILES string of the molecule is CC1CCCCN1S(=O)(=O)c1ccc(C(=O)NCCCOCC2CC2)cc1. The second kappa shape index (κ2) is 9.17. The second-order valence-electron chi connectivity index (χ2n) is 7.61. The summed E-state index contributed by atoms with van der Waals surface area (Å²) in [6.45, 7) is 4.55. The minimum absolute atomic E-state index is 0.0221. The molecule has 1 atom stereocenters. The van der Waals surface area contributed by atoms with Crippen LogP contribution in [0.2, 0.25) is 0 Å². The lowest BCUT2D eigenvalue weighted by Gasteiger charge is -2.32. The summed E-state index contributed by atoms with van der Waals surface area (Å²) in [5, 5.41) is 2.85. The Hall–Kier alpha value is -1.44. The maximum absolute atomic E-state index is 12.8. The van der Waals surface area contributed by atoms with E-state index in [0.717, 1.165) is 38.2 Å². The van der Waals surface area contributed by atoms with Crippen LogP contribution >= 0.6 is 0 Å². The van der Waals surface area contributed by atoms with Crippen molar-refractivity contribution in [3.8, 4) is 0 Å². The van der Waals surface area contributed by atoms with E-state index in [0.29, 0.717) is 25.3 Å². The van der Waals surface area contributed by atoms with Crippen LogP contribution in [0.3, 0.4) is 0 Å². The predicted molar refractivity (Wildman–Crippen MR) is 104 cm³/mol. The molecule has 1 aliphatic heterocycles. The van der Waals surface area contributed by atoms with Gasteiger partial charge in [-0.05, 0) is 69.2 Å². The molecule has 1 heterocycles. The van der Waals surface area contributed by atoms with Gasteiger partial charge in [0.1, 0.15) is 0 Å². The first-order chi connectivity index (χ1) is 13.0. The van der Waals surface area contributed by atoms with Gasteiger partial charge in [-0.1, -0.05) is 6.42 Å². The van der Waals surface area contributed by atoms with Crippen LogP contribution in [0.4, 0.5) is 0 Å². The summed E-state index contributed by atoms with van der Waals surface area (Å²) in [5.41, 5.74) is 0.472. The summed E-state index contributed by atoms with van der Waals surface area (Å²) in [4.78, 5) is 12.4. The average Bonchev–Trinajstić information content (AvgIpc) is 3.49. The van der Waals surface area contributed by atoms with E-state index >= 15 is 0 Å². The number of nitrogens with zero attached hydrogens (tertiary/aromatic N) is 1. The molecule has 1 saturated carbocycles. The first-order valence-electron chi connectivity index (χ1n) is 9.96. The van der Waals surface area contributed by atoms with Crippen molar-refractivity contribution in [1.29, 1.82) is 0 Å². The van der Waals surface area contributed by atoms with E-state index in [1.165, 1.54) is 25.0 Å². The molecule has 1 unspecified atom stereocenters. The molecule has 2 aliphatic rings. The number of amides is 1. The summed E-state index contributed by atoms with van der Waals surface area (Å²) in [6, 6.07) is 6.25. The highest BCUT2D eigenvalue weighted by atomic mass is 32.2. The largest absolute Gasteiger partial charge is 0.381 e. The molecule has 2 fully saturated rings. The Morgan fingerprint density at radius 1 is 1.19 bits per heavy atom. The number of nitrogens with one attached hydrogen (secondary N) is 1. The normalized spacial score (nSPS) is 21.1. The van der Waals surface area contributed by atoms with E-state index in [1.807, 2.05) is 6.92 Å². The molecule has 0 spiro atoms. The third kappa shape index (κ3) is 5.53. The molecule has 27 heavy (non-hydrogen) atoms. The van der Waals surface area contributed by atoms with Crippen molar-refractivity contribution in [1.82, 2.24) is 9.62 Å². The van der Waals surface area contributed by atoms with Gasteiger partial charge in [0.2, 0.25) is 10.0 Å². The van der Waals surface area contributed by atoms with Crippen molar-refractivity contribution in [3.05, 3.63) is 29.8 Å². The Kier molecular flexibility index (Phi) is 6.89. The molecule has 3 rings (SSSR count). The number of benzene rings is 1.